The second-order valence-corrected chi connectivity index (χ2v) is 6.90. The molecule has 1 aromatic rings. The summed E-state index contributed by atoms with van der Waals surface area (Å²) in [6, 6.07) is 9.18. The van der Waals surface area contributed by atoms with Crippen molar-refractivity contribution in [3.8, 4) is 0 Å². The fourth-order valence-corrected chi connectivity index (χ4v) is 2.81. The first-order valence-corrected chi connectivity index (χ1v) is 8.54. The number of carbonyl (C=O) groups is 1. The minimum Gasteiger partial charge on any atom is -0.388 e. The Balaban J connectivity index is 3.10. The van der Waals surface area contributed by atoms with Crippen LogP contribution in [-0.4, -0.2) is 40.6 Å². The van der Waals surface area contributed by atoms with Gasteiger partial charge in [0.15, 0.2) is 0 Å². The van der Waals surface area contributed by atoms with Crippen molar-refractivity contribution in [2.24, 2.45) is 5.92 Å². The lowest BCUT2D eigenvalue weighted by molar-refractivity contribution is -0.135. The summed E-state index contributed by atoms with van der Waals surface area (Å²) in [6.45, 7) is 13.0. The third-order valence-corrected chi connectivity index (χ3v) is 4.19. The number of nitrogens with one attached hydrogen (secondary N) is 1. The van der Waals surface area contributed by atoms with Crippen molar-refractivity contribution in [1.82, 2.24) is 10.2 Å². The van der Waals surface area contributed by atoms with Crippen molar-refractivity contribution >= 4 is 5.91 Å². The third kappa shape index (κ3) is 5.33. The van der Waals surface area contributed by atoms with Crippen LogP contribution in [0.5, 0.6) is 0 Å². The van der Waals surface area contributed by atoms with Gasteiger partial charge < -0.3 is 10.0 Å². The highest BCUT2D eigenvalue weighted by Crippen LogP contribution is 2.27. The molecule has 0 spiro atoms. The molecule has 0 aliphatic carbocycles. The van der Waals surface area contributed by atoms with Crippen molar-refractivity contribution < 1.29 is 9.90 Å². The first-order valence-electron chi connectivity index (χ1n) is 8.54. The quantitative estimate of drug-likeness (QED) is 0.774. The Morgan fingerprint density at radius 1 is 1.17 bits per heavy atom. The van der Waals surface area contributed by atoms with Crippen molar-refractivity contribution in [1.29, 1.82) is 0 Å². The first kappa shape index (κ1) is 19.7. The van der Waals surface area contributed by atoms with E-state index in [9.17, 15) is 9.90 Å². The SMILES string of the molecule is CCN(CC)C(=O)[C@@H](N[C@H](c1ccccc1)C(C)(C)O)C(C)C. The molecule has 1 rings (SSSR count). The van der Waals surface area contributed by atoms with Gasteiger partial charge in [-0.15, -0.1) is 0 Å². The average Bonchev–Trinajstić information content (AvgIpc) is 2.48. The molecule has 23 heavy (non-hydrogen) atoms. The molecule has 130 valence electrons. The highest BCUT2D eigenvalue weighted by atomic mass is 16.3. The van der Waals surface area contributed by atoms with E-state index in [1.165, 1.54) is 0 Å². The van der Waals surface area contributed by atoms with E-state index in [0.717, 1.165) is 5.56 Å². The minimum atomic E-state index is -0.974. The Kier molecular flexibility index (Phi) is 7.23. The zero-order chi connectivity index (χ0) is 17.6. The number of benzene rings is 1. The van der Waals surface area contributed by atoms with E-state index in [1.807, 2.05) is 62.9 Å². The summed E-state index contributed by atoms with van der Waals surface area (Å²) in [6.07, 6.45) is 0. The van der Waals surface area contributed by atoms with E-state index < -0.39 is 5.60 Å². The van der Waals surface area contributed by atoms with Gasteiger partial charge >= 0.3 is 0 Å². The van der Waals surface area contributed by atoms with Crippen molar-refractivity contribution in [3.63, 3.8) is 0 Å². The van der Waals surface area contributed by atoms with Crippen LogP contribution < -0.4 is 5.32 Å². The molecule has 1 amide bonds. The summed E-state index contributed by atoms with van der Waals surface area (Å²) in [7, 11) is 0. The number of aliphatic hydroxyl groups is 1. The minimum absolute atomic E-state index is 0.0928. The molecule has 0 unspecified atom stereocenters. The first-order chi connectivity index (χ1) is 10.7. The molecule has 0 aromatic heterocycles. The molecule has 0 fully saturated rings. The Bertz CT molecular complexity index is 476. The van der Waals surface area contributed by atoms with Crippen molar-refractivity contribution in [2.45, 2.75) is 59.2 Å². The van der Waals surface area contributed by atoms with Crippen LogP contribution >= 0.6 is 0 Å². The number of amides is 1. The Morgan fingerprint density at radius 3 is 2.09 bits per heavy atom. The summed E-state index contributed by atoms with van der Waals surface area (Å²) in [4.78, 5) is 14.7. The molecule has 0 aliphatic heterocycles. The molecule has 2 N–H and O–H groups in total. The van der Waals surface area contributed by atoms with E-state index in [0.29, 0.717) is 13.1 Å². The fourth-order valence-electron chi connectivity index (χ4n) is 2.81. The van der Waals surface area contributed by atoms with Gasteiger partial charge in [0.25, 0.3) is 0 Å². The Hall–Kier alpha value is -1.39. The number of rotatable bonds is 8. The number of carbonyl (C=O) groups excluding carboxylic acids is 1. The molecule has 0 saturated carbocycles. The van der Waals surface area contributed by atoms with Crippen LogP contribution in [0.15, 0.2) is 30.3 Å². The van der Waals surface area contributed by atoms with Crippen LogP contribution in [-0.2, 0) is 4.79 Å². The van der Waals surface area contributed by atoms with Gasteiger partial charge in [-0.05, 0) is 39.2 Å². The highest BCUT2D eigenvalue weighted by Gasteiger charge is 2.34. The molecule has 0 heterocycles. The van der Waals surface area contributed by atoms with E-state index in [-0.39, 0.29) is 23.9 Å². The smallest absolute Gasteiger partial charge is 0.239 e. The topological polar surface area (TPSA) is 52.6 Å². The van der Waals surface area contributed by atoms with Gasteiger partial charge in [0.1, 0.15) is 0 Å². The lowest BCUT2D eigenvalue weighted by Crippen LogP contribution is -2.53. The standard InChI is InChI=1S/C19H32N2O2/c1-7-21(8-2)18(22)16(14(3)4)20-17(19(5,6)23)15-12-10-9-11-13-15/h9-14,16-17,20,23H,7-8H2,1-6H3/t16-,17+/m0/s1. The van der Waals surface area contributed by atoms with Gasteiger partial charge in [0.2, 0.25) is 5.91 Å². The maximum atomic E-state index is 12.8. The second-order valence-electron chi connectivity index (χ2n) is 6.90. The number of likely N-dealkylation sites (N-methyl/N-ethyl adjacent to an activating group) is 1. The van der Waals surface area contributed by atoms with Crippen LogP contribution in [0.4, 0.5) is 0 Å². The molecule has 0 saturated heterocycles. The van der Waals surface area contributed by atoms with Crippen molar-refractivity contribution in [3.05, 3.63) is 35.9 Å². The molecule has 0 aliphatic rings. The number of nitrogens with zero attached hydrogens (tertiary/aromatic N) is 1. The van der Waals surface area contributed by atoms with Gasteiger partial charge in [-0.2, -0.15) is 0 Å². The van der Waals surface area contributed by atoms with Crippen LogP contribution in [0.2, 0.25) is 0 Å². The normalized spacial score (nSPS) is 14.6. The Labute approximate surface area is 140 Å². The van der Waals surface area contributed by atoms with Crippen molar-refractivity contribution in [2.75, 3.05) is 13.1 Å². The van der Waals surface area contributed by atoms with Crippen LogP contribution in [0.3, 0.4) is 0 Å². The molecule has 4 heteroatoms. The van der Waals surface area contributed by atoms with E-state index in [1.54, 1.807) is 13.8 Å². The molecule has 0 bridgehead atoms. The zero-order valence-electron chi connectivity index (χ0n) is 15.3. The maximum Gasteiger partial charge on any atom is 0.239 e. The summed E-state index contributed by atoms with van der Waals surface area (Å²) < 4.78 is 0. The van der Waals surface area contributed by atoms with Gasteiger partial charge in [0, 0.05) is 13.1 Å². The molecule has 0 radical (unpaired) electrons. The molecule has 1 aromatic carbocycles. The largest absolute Gasteiger partial charge is 0.388 e. The van der Waals surface area contributed by atoms with Gasteiger partial charge in [-0.25, -0.2) is 0 Å². The van der Waals surface area contributed by atoms with E-state index in [4.69, 9.17) is 0 Å². The van der Waals surface area contributed by atoms with Crippen LogP contribution in [0, 0.1) is 5.92 Å². The van der Waals surface area contributed by atoms with Gasteiger partial charge in [-0.1, -0.05) is 44.2 Å². The van der Waals surface area contributed by atoms with E-state index >= 15 is 0 Å². The molecular formula is C19H32N2O2. The maximum absolute atomic E-state index is 12.8. The van der Waals surface area contributed by atoms with Gasteiger partial charge in [-0.3, -0.25) is 10.1 Å². The summed E-state index contributed by atoms with van der Waals surface area (Å²) in [5.41, 5.74) is 0.0101. The number of hydrogen-bond acceptors (Lipinski definition) is 3. The molecular weight excluding hydrogens is 288 g/mol. The number of hydrogen-bond donors (Lipinski definition) is 2. The zero-order valence-corrected chi connectivity index (χ0v) is 15.3. The average molecular weight is 320 g/mol. The summed E-state index contributed by atoms with van der Waals surface area (Å²) in [5.74, 6) is 0.229. The lowest BCUT2D eigenvalue weighted by Gasteiger charge is -2.37. The fraction of sp³-hybridized carbons (Fsp3) is 0.632. The van der Waals surface area contributed by atoms with Crippen LogP contribution in [0.1, 0.15) is 53.1 Å². The predicted octanol–water partition coefficient (Wildman–Crippen LogP) is 2.98. The second kappa shape index (κ2) is 8.46. The summed E-state index contributed by atoms with van der Waals surface area (Å²) >= 11 is 0. The monoisotopic (exact) mass is 320 g/mol. The van der Waals surface area contributed by atoms with Gasteiger partial charge in [0.05, 0.1) is 17.7 Å². The third-order valence-electron chi connectivity index (χ3n) is 4.19. The molecule has 4 nitrogen and oxygen atoms in total. The summed E-state index contributed by atoms with van der Waals surface area (Å²) in [5, 5.41) is 14.0. The lowest BCUT2D eigenvalue weighted by atomic mass is 9.89. The Morgan fingerprint density at radius 2 is 1.70 bits per heavy atom. The molecule has 2 atom stereocenters. The van der Waals surface area contributed by atoms with Crippen LogP contribution in [0.25, 0.3) is 0 Å². The highest BCUT2D eigenvalue weighted by molar-refractivity contribution is 5.82. The predicted molar refractivity (Wildman–Crippen MR) is 95.2 cm³/mol. The van der Waals surface area contributed by atoms with E-state index in [2.05, 4.69) is 5.32 Å².